The summed E-state index contributed by atoms with van der Waals surface area (Å²) in [4.78, 5) is 27.0. The third-order valence-electron chi connectivity index (χ3n) is 7.20. The lowest BCUT2D eigenvalue weighted by molar-refractivity contribution is -0.354. The van der Waals surface area contributed by atoms with Crippen LogP contribution in [0.3, 0.4) is 0 Å². The fourth-order valence-corrected chi connectivity index (χ4v) is 5.98. The molecule has 0 spiro atoms. The first kappa shape index (κ1) is 22.3. The number of allylic oxidation sites excluding steroid dienone is 2. The molecule has 0 N–H and O–H groups in total. The molecule has 2 saturated heterocycles. The summed E-state index contributed by atoms with van der Waals surface area (Å²) in [6, 6.07) is 0. The van der Waals surface area contributed by atoms with Crippen molar-refractivity contribution >= 4 is 11.6 Å². The van der Waals surface area contributed by atoms with Crippen molar-refractivity contribution in [3.8, 4) is 0 Å². The molecular weight excluding hydrogens is 412 g/mol. The summed E-state index contributed by atoms with van der Waals surface area (Å²) in [7, 11) is 0. The van der Waals surface area contributed by atoms with Crippen LogP contribution in [0.5, 0.6) is 0 Å². The largest absolute Gasteiger partial charge is 0.465 e. The Hall–Kier alpha value is -1.54. The molecule has 176 valence electrons. The summed E-state index contributed by atoms with van der Waals surface area (Å²) in [5.41, 5.74) is 0.805. The lowest BCUT2D eigenvalue weighted by Crippen LogP contribution is -2.60. The van der Waals surface area contributed by atoms with Gasteiger partial charge in [-0.25, -0.2) is 0 Å². The van der Waals surface area contributed by atoms with Crippen molar-refractivity contribution in [3.05, 3.63) is 22.7 Å². The third kappa shape index (κ3) is 3.77. The van der Waals surface area contributed by atoms with Gasteiger partial charge in [0.1, 0.15) is 29.8 Å². The number of rotatable bonds is 1. The average Bonchev–Trinajstić information content (AvgIpc) is 2.64. The molecule has 0 aromatic heterocycles. The van der Waals surface area contributed by atoms with E-state index in [1.54, 1.807) is 0 Å². The van der Waals surface area contributed by atoms with Crippen molar-refractivity contribution in [3.63, 3.8) is 0 Å². The maximum atomic E-state index is 13.5. The van der Waals surface area contributed by atoms with Gasteiger partial charge < -0.3 is 23.7 Å². The molecule has 0 aromatic rings. The van der Waals surface area contributed by atoms with E-state index in [0.717, 1.165) is 0 Å². The standard InChI is InChI=1S/C25H34O7/c1-12-28-11-18-22(30-12)23(31-13(2)29-18)21-19-14(26)7-24(3,4)9-16(19)32-17-10-25(5,6)8-15(27)20(17)21/h12-13,18,21-23H,7-11H2,1-6H3/t12-,13-,18+,22-,23+/m1/s1. The molecule has 5 rings (SSSR count). The van der Waals surface area contributed by atoms with Crippen LogP contribution in [0.1, 0.15) is 67.2 Å². The van der Waals surface area contributed by atoms with Gasteiger partial charge in [-0.05, 0) is 24.7 Å². The van der Waals surface area contributed by atoms with Crippen molar-refractivity contribution in [1.82, 2.24) is 0 Å². The molecule has 0 amide bonds. The van der Waals surface area contributed by atoms with Crippen molar-refractivity contribution in [2.24, 2.45) is 16.7 Å². The minimum absolute atomic E-state index is 0.0323. The van der Waals surface area contributed by atoms with E-state index in [0.29, 0.717) is 55.0 Å². The second-order valence-electron chi connectivity index (χ2n) is 11.5. The van der Waals surface area contributed by atoms with Crippen molar-refractivity contribution in [2.45, 2.75) is 98.1 Å². The van der Waals surface area contributed by atoms with Crippen LogP contribution in [0, 0.1) is 16.7 Å². The van der Waals surface area contributed by atoms with E-state index < -0.39 is 30.7 Å². The monoisotopic (exact) mass is 446 g/mol. The molecule has 0 unspecified atom stereocenters. The summed E-state index contributed by atoms with van der Waals surface area (Å²) in [5, 5.41) is 0. The highest BCUT2D eigenvalue weighted by Gasteiger charge is 2.55. The maximum absolute atomic E-state index is 13.5. The number of ketones is 2. The van der Waals surface area contributed by atoms with Gasteiger partial charge in [-0.15, -0.1) is 0 Å². The minimum Gasteiger partial charge on any atom is -0.465 e. The zero-order valence-electron chi connectivity index (χ0n) is 19.9. The second kappa shape index (κ2) is 7.49. The van der Waals surface area contributed by atoms with Gasteiger partial charge in [-0.1, -0.05) is 27.7 Å². The first-order chi connectivity index (χ1) is 14.9. The molecule has 2 aliphatic carbocycles. The van der Waals surface area contributed by atoms with E-state index in [4.69, 9.17) is 23.7 Å². The lowest BCUT2D eigenvalue weighted by Gasteiger charge is -2.50. The predicted molar refractivity (Wildman–Crippen MR) is 114 cm³/mol. The topological polar surface area (TPSA) is 80.3 Å². The van der Waals surface area contributed by atoms with Gasteiger partial charge in [0, 0.05) is 36.8 Å². The highest BCUT2D eigenvalue weighted by atomic mass is 16.8. The van der Waals surface area contributed by atoms with Crippen molar-refractivity contribution < 1.29 is 33.3 Å². The van der Waals surface area contributed by atoms with Crippen LogP contribution in [-0.2, 0) is 33.3 Å². The fourth-order valence-electron chi connectivity index (χ4n) is 5.98. The smallest absolute Gasteiger partial charge is 0.163 e. The number of ether oxygens (including phenoxy) is 5. The number of fused-ring (bicyclic) bond motifs is 1. The first-order valence-electron chi connectivity index (χ1n) is 11.7. The molecule has 0 radical (unpaired) electrons. The van der Waals surface area contributed by atoms with Crippen LogP contribution in [0.4, 0.5) is 0 Å². The molecule has 3 aliphatic heterocycles. The Kier molecular flexibility index (Phi) is 5.21. The summed E-state index contributed by atoms with van der Waals surface area (Å²) in [6.07, 6.45) is -0.0443. The second-order valence-corrected chi connectivity index (χ2v) is 11.5. The molecule has 7 heteroatoms. The maximum Gasteiger partial charge on any atom is 0.163 e. The summed E-state index contributed by atoms with van der Waals surface area (Å²) >= 11 is 0. The molecule has 0 aromatic carbocycles. The Morgan fingerprint density at radius 3 is 1.81 bits per heavy atom. The van der Waals surface area contributed by atoms with E-state index in [1.807, 2.05) is 13.8 Å². The third-order valence-corrected chi connectivity index (χ3v) is 7.20. The van der Waals surface area contributed by atoms with Crippen molar-refractivity contribution in [1.29, 1.82) is 0 Å². The molecule has 2 fully saturated rings. The van der Waals surface area contributed by atoms with Crippen LogP contribution >= 0.6 is 0 Å². The predicted octanol–water partition coefficient (Wildman–Crippen LogP) is 3.81. The quantitative estimate of drug-likeness (QED) is 0.606. The highest BCUT2D eigenvalue weighted by molar-refractivity contribution is 6.04. The number of carbonyl (C=O) groups is 2. The van der Waals surface area contributed by atoms with Crippen LogP contribution in [0.15, 0.2) is 22.7 Å². The molecule has 0 bridgehead atoms. The first-order valence-corrected chi connectivity index (χ1v) is 11.7. The normalized spacial score (nSPS) is 39.2. The zero-order valence-corrected chi connectivity index (χ0v) is 19.9. The minimum atomic E-state index is -0.524. The van der Waals surface area contributed by atoms with E-state index in [1.165, 1.54) is 0 Å². The lowest BCUT2D eigenvalue weighted by atomic mass is 9.65. The number of hydrogen-bond donors (Lipinski definition) is 0. The van der Waals surface area contributed by atoms with Gasteiger partial charge in [0.05, 0.1) is 12.5 Å². The van der Waals surface area contributed by atoms with Gasteiger partial charge in [0.2, 0.25) is 0 Å². The van der Waals surface area contributed by atoms with Gasteiger partial charge in [-0.3, -0.25) is 9.59 Å². The van der Waals surface area contributed by atoms with E-state index >= 15 is 0 Å². The molecule has 5 aliphatic rings. The molecule has 32 heavy (non-hydrogen) atoms. The highest BCUT2D eigenvalue weighted by Crippen LogP contribution is 2.52. The molecule has 3 heterocycles. The van der Waals surface area contributed by atoms with Crippen LogP contribution in [0.2, 0.25) is 0 Å². The van der Waals surface area contributed by atoms with Crippen LogP contribution in [-0.4, -0.2) is 49.1 Å². The Morgan fingerprint density at radius 1 is 0.719 bits per heavy atom. The summed E-state index contributed by atoms with van der Waals surface area (Å²) < 4.78 is 30.4. The number of Topliss-reactive ketones (excluding diaryl/α,β-unsaturated/α-hetero) is 2. The van der Waals surface area contributed by atoms with E-state index in [9.17, 15) is 9.59 Å². The molecule has 5 atom stereocenters. The Labute approximate surface area is 189 Å². The zero-order chi connectivity index (χ0) is 23.0. The van der Waals surface area contributed by atoms with Crippen molar-refractivity contribution in [2.75, 3.05) is 6.61 Å². The van der Waals surface area contributed by atoms with Gasteiger partial charge >= 0.3 is 0 Å². The van der Waals surface area contributed by atoms with Gasteiger partial charge in [0.25, 0.3) is 0 Å². The van der Waals surface area contributed by atoms with Crippen LogP contribution < -0.4 is 0 Å². The molecular formula is C25H34O7. The SMILES string of the molecule is C[C@@H]1OC[C@@H]2O[C@@H](C)O[C@@H](C3C4=C(CC(C)(C)CC4=O)OC4=C3C(=O)CC(C)(C)C4)[C@@H]2O1. The molecule has 0 saturated carbocycles. The fraction of sp³-hybridized carbons (Fsp3) is 0.760. The summed E-state index contributed by atoms with van der Waals surface area (Å²) in [6.45, 7) is 12.4. The van der Waals surface area contributed by atoms with Gasteiger partial charge in [-0.2, -0.15) is 0 Å². The Balaban J connectivity index is 1.64. The summed E-state index contributed by atoms with van der Waals surface area (Å²) in [5.74, 6) is 0.944. The van der Waals surface area contributed by atoms with E-state index in [-0.39, 0.29) is 28.5 Å². The molecule has 7 nitrogen and oxygen atoms in total. The van der Waals surface area contributed by atoms with E-state index in [2.05, 4.69) is 27.7 Å². The Morgan fingerprint density at radius 2 is 1.25 bits per heavy atom. The number of hydrogen-bond acceptors (Lipinski definition) is 7. The number of carbonyl (C=O) groups excluding carboxylic acids is 2. The van der Waals surface area contributed by atoms with Gasteiger partial charge in [0.15, 0.2) is 24.1 Å². The Bertz CT molecular complexity index is 859. The average molecular weight is 447 g/mol. The van der Waals surface area contributed by atoms with Crippen LogP contribution in [0.25, 0.3) is 0 Å².